The highest BCUT2D eigenvalue weighted by Gasteiger charge is 2.24. The number of methoxy groups -OCH3 is 1. The van der Waals surface area contributed by atoms with Crippen LogP contribution in [-0.2, 0) is 14.3 Å². The van der Waals surface area contributed by atoms with Crippen LogP contribution >= 0.6 is 11.3 Å². The van der Waals surface area contributed by atoms with Gasteiger partial charge in [-0.25, -0.2) is 4.79 Å². The average molecular weight is 376 g/mol. The van der Waals surface area contributed by atoms with E-state index >= 15 is 0 Å². The number of anilines is 1. The number of esters is 1. The van der Waals surface area contributed by atoms with Crippen LogP contribution < -0.4 is 15.4 Å². The minimum Gasteiger partial charge on any atom is -0.495 e. The Morgan fingerprint density at radius 2 is 1.81 bits per heavy atom. The van der Waals surface area contributed by atoms with Crippen molar-refractivity contribution in [2.24, 2.45) is 0 Å². The molecule has 2 N–H and O–H groups in total. The van der Waals surface area contributed by atoms with E-state index in [0.717, 1.165) is 0 Å². The van der Waals surface area contributed by atoms with Crippen LogP contribution in [0.4, 0.5) is 5.69 Å². The number of thiophene rings is 1. The van der Waals surface area contributed by atoms with Crippen molar-refractivity contribution in [3.8, 4) is 5.75 Å². The van der Waals surface area contributed by atoms with E-state index in [-0.39, 0.29) is 5.91 Å². The van der Waals surface area contributed by atoms with Crippen LogP contribution in [0.1, 0.15) is 23.5 Å². The summed E-state index contributed by atoms with van der Waals surface area (Å²) < 4.78 is 10.3. The first-order valence-electron chi connectivity index (χ1n) is 7.91. The Morgan fingerprint density at radius 1 is 1.08 bits per heavy atom. The molecule has 0 spiro atoms. The van der Waals surface area contributed by atoms with Gasteiger partial charge in [0.1, 0.15) is 11.8 Å². The molecule has 26 heavy (non-hydrogen) atoms. The molecule has 2 amide bonds. The van der Waals surface area contributed by atoms with Gasteiger partial charge in [0.2, 0.25) is 0 Å². The first kappa shape index (κ1) is 19.5. The number of carbonyl (C=O) groups is 3. The van der Waals surface area contributed by atoms with Gasteiger partial charge in [0.25, 0.3) is 11.8 Å². The number of amides is 2. The number of carbonyl (C=O) groups excluding carboxylic acids is 3. The molecule has 1 aromatic carbocycles. The third-order valence-corrected chi connectivity index (χ3v) is 4.34. The molecule has 2 atom stereocenters. The molecule has 8 heteroatoms. The van der Waals surface area contributed by atoms with Crippen LogP contribution in [0, 0.1) is 0 Å². The number of ether oxygens (including phenoxy) is 2. The van der Waals surface area contributed by atoms with Crippen LogP contribution in [0.3, 0.4) is 0 Å². The molecule has 1 heterocycles. The lowest BCUT2D eigenvalue weighted by atomic mass is 10.2. The number of hydrogen-bond acceptors (Lipinski definition) is 6. The molecule has 7 nitrogen and oxygen atoms in total. The van der Waals surface area contributed by atoms with Gasteiger partial charge >= 0.3 is 5.97 Å². The van der Waals surface area contributed by atoms with Gasteiger partial charge in [-0.3, -0.25) is 9.59 Å². The van der Waals surface area contributed by atoms with Gasteiger partial charge in [-0.05, 0) is 37.4 Å². The predicted molar refractivity (Wildman–Crippen MR) is 98.4 cm³/mol. The maximum Gasteiger partial charge on any atom is 0.329 e. The van der Waals surface area contributed by atoms with E-state index in [0.29, 0.717) is 16.3 Å². The lowest BCUT2D eigenvalue weighted by molar-refractivity contribution is -0.154. The molecular formula is C18H20N2O5S. The summed E-state index contributed by atoms with van der Waals surface area (Å²) in [5, 5.41) is 6.95. The summed E-state index contributed by atoms with van der Waals surface area (Å²) in [6.07, 6.45) is -1.03. The zero-order valence-corrected chi connectivity index (χ0v) is 15.5. The Hall–Kier alpha value is -2.87. The van der Waals surface area contributed by atoms with Crippen molar-refractivity contribution in [1.82, 2.24) is 5.32 Å². The summed E-state index contributed by atoms with van der Waals surface area (Å²) in [6.45, 7) is 2.95. The summed E-state index contributed by atoms with van der Waals surface area (Å²) in [7, 11) is 1.49. The zero-order chi connectivity index (χ0) is 19.1. The fourth-order valence-corrected chi connectivity index (χ4v) is 2.67. The van der Waals surface area contributed by atoms with E-state index < -0.39 is 24.0 Å². The molecular weight excluding hydrogens is 356 g/mol. The molecule has 0 bridgehead atoms. The van der Waals surface area contributed by atoms with E-state index in [1.165, 1.54) is 32.3 Å². The Morgan fingerprint density at radius 3 is 2.46 bits per heavy atom. The third kappa shape index (κ3) is 5.06. The van der Waals surface area contributed by atoms with Crippen LogP contribution in [0.15, 0.2) is 41.8 Å². The molecule has 0 unspecified atom stereocenters. The highest BCUT2D eigenvalue weighted by molar-refractivity contribution is 7.12. The van der Waals surface area contributed by atoms with Crippen LogP contribution in [0.25, 0.3) is 0 Å². The lowest BCUT2D eigenvalue weighted by Gasteiger charge is -2.18. The van der Waals surface area contributed by atoms with Crippen molar-refractivity contribution >= 4 is 34.8 Å². The number of hydrogen-bond donors (Lipinski definition) is 2. The van der Waals surface area contributed by atoms with Gasteiger partial charge in [-0.1, -0.05) is 18.2 Å². The van der Waals surface area contributed by atoms with Crippen molar-refractivity contribution in [3.63, 3.8) is 0 Å². The summed E-state index contributed by atoms with van der Waals surface area (Å²) in [5.74, 6) is -1.07. The second-order valence-corrected chi connectivity index (χ2v) is 6.39. The van der Waals surface area contributed by atoms with E-state index in [2.05, 4.69) is 10.6 Å². The molecule has 1 aromatic heterocycles. The molecule has 0 radical (unpaired) electrons. The first-order valence-corrected chi connectivity index (χ1v) is 8.79. The van der Waals surface area contributed by atoms with Gasteiger partial charge in [0.15, 0.2) is 6.10 Å². The van der Waals surface area contributed by atoms with Gasteiger partial charge in [-0.15, -0.1) is 11.3 Å². The lowest BCUT2D eigenvalue weighted by Crippen LogP contribution is -2.42. The normalized spacial score (nSPS) is 12.6. The molecule has 138 valence electrons. The molecule has 0 saturated carbocycles. The van der Waals surface area contributed by atoms with Crippen molar-refractivity contribution in [1.29, 1.82) is 0 Å². The molecule has 0 aliphatic heterocycles. The quantitative estimate of drug-likeness (QED) is 0.724. The Kier molecular flexibility index (Phi) is 6.74. The van der Waals surface area contributed by atoms with E-state index in [1.807, 2.05) is 0 Å². The van der Waals surface area contributed by atoms with Gasteiger partial charge in [0.05, 0.1) is 17.7 Å². The zero-order valence-electron chi connectivity index (χ0n) is 14.6. The number of para-hydroxylation sites is 2. The van der Waals surface area contributed by atoms with Crippen molar-refractivity contribution in [2.45, 2.75) is 26.0 Å². The third-order valence-electron chi connectivity index (χ3n) is 3.47. The maximum atomic E-state index is 12.2. The Balaban J connectivity index is 1.89. The largest absolute Gasteiger partial charge is 0.495 e. The number of nitrogens with one attached hydrogen (secondary N) is 2. The molecule has 0 fully saturated rings. The monoisotopic (exact) mass is 376 g/mol. The second-order valence-electron chi connectivity index (χ2n) is 5.44. The molecule has 0 aliphatic carbocycles. The topological polar surface area (TPSA) is 93.7 Å². The molecule has 0 saturated heterocycles. The minimum absolute atomic E-state index is 0.365. The average Bonchev–Trinajstić information content (AvgIpc) is 3.16. The smallest absolute Gasteiger partial charge is 0.329 e. The van der Waals surface area contributed by atoms with E-state index in [9.17, 15) is 14.4 Å². The SMILES string of the molecule is COc1ccccc1NC(=O)[C@H](C)OC(=O)[C@@H](C)NC(=O)c1cccs1. The van der Waals surface area contributed by atoms with Gasteiger partial charge < -0.3 is 20.1 Å². The minimum atomic E-state index is -1.03. The van der Waals surface area contributed by atoms with Crippen molar-refractivity contribution in [2.75, 3.05) is 12.4 Å². The van der Waals surface area contributed by atoms with E-state index in [4.69, 9.17) is 9.47 Å². The summed E-state index contributed by atoms with van der Waals surface area (Å²) in [5.41, 5.74) is 0.474. The molecule has 0 aliphatic rings. The van der Waals surface area contributed by atoms with Crippen molar-refractivity contribution < 1.29 is 23.9 Å². The highest BCUT2D eigenvalue weighted by atomic mass is 32.1. The van der Waals surface area contributed by atoms with Crippen LogP contribution in [0.2, 0.25) is 0 Å². The van der Waals surface area contributed by atoms with Crippen molar-refractivity contribution in [3.05, 3.63) is 46.7 Å². The number of rotatable bonds is 7. The highest BCUT2D eigenvalue weighted by Crippen LogP contribution is 2.23. The second kappa shape index (κ2) is 9.00. The fourth-order valence-electron chi connectivity index (χ4n) is 2.05. The summed E-state index contributed by atoms with van der Waals surface area (Å²) in [6, 6.07) is 9.41. The van der Waals surface area contributed by atoms with Crippen LogP contribution in [0.5, 0.6) is 5.75 Å². The standard InChI is InChI=1S/C18H20N2O5S/c1-11(19-17(22)15-9-6-10-26-15)18(23)25-12(2)16(21)20-13-7-4-5-8-14(13)24-3/h4-12H,1-3H3,(H,19,22)(H,20,21)/t11-,12+/m1/s1. The van der Waals surface area contributed by atoms with Crippen LogP contribution in [-0.4, -0.2) is 37.0 Å². The Bertz CT molecular complexity index is 776. The first-order chi connectivity index (χ1) is 12.4. The molecule has 2 aromatic rings. The summed E-state index contributed by atoms with van der Waals surface area (Å²) >= 11 is 1.27. The Labute approximate surface area is 155 Å². The van der Waals surface area contributed by atoms with Gasteiger partial charge in [0, 0.05) is 0 Å². The van der Waals surface area contributed by atoms with E-state index in [1.54, 1.807) is 41.8 Å². The van der Waals surface area contributed by atoms with Gasteiger partial charge in [-0.2, -0.15) is 0 Å². The molecule has 2 rings (SSSR count). The number of benzene rings is 1. The maximum absolute atomic E-state index is 12.2. The fraction of sp³-hybridized carbons (Fsp3) is 0.278. The predicted octanol–water partition coefficient (Wildman–Crippen LogP) is 2.45. The summed E-state index contributed by atoms with van der Waals surface area (Å²) in [4.78, 5) is 36.8.